The third kappa shape index (κ3) is 4.51. The van der Waals surface area contributed by atoms with Gasteiger partial charge in [0.05, 0.1) is 11.6 Å². The second kappa shape index (κ2) is 9.28. The minimum absolute atomic E-state index is 0.0169. The number of nitrogen functional groups attached to an aromatic ring is 1. The molecule has 1 aliphatic heterocycles. The van der Waals surface area contributed by atoms with Crippen LogP contribution in [0.1, 0.15) is 43.2 Å². The molecule has 5 rings (SSSR count). The van der Waals surface area contributed by atoms with Crippen molar-refractivity contribution in [3.05, 3.63) is 60.2 Å². The fourth-order valence-corrected chi connectivity index (χ4v) is 4.72. The molecule has 5 N–H and O–H groups in total. The number of anilines is 1. The summed E-state index contributed by atoms with van der Waals surface area (Å²) in [7, 11) is 0. The number of aromatic nitrogens is 4. The largest absolute Gasteiger partial charge is 0.578 e. The molecule has 3 aromatic rings. The van der Waals surface area contributed by atoms with Gasteiger partial charge in [-0.2, -0.15) is 5.10 Å². The predicted molar refractivity (Wildman–Crippen MR) is 133 cm³/mol. The van der Waals surface area contributed by atoms with Crippen LogP contribution < -0.4 is 5.73 Å². The van der Waals surface area contributed by atoms with E-state index in [9.17, 15) is 4.79 Å². The molecular formula is C25H29N8O2+. The van der Waals surface area contributed by atoms with E-state index in [2.05, 4.69) is 20.1 Å². The third-order valence-electron chi connectivity index (χ3n) is 6.99. The Bertz CT molecular complexity index is 1250. The quantitative estimate of drug-likeness (QED) is 0.319. The number of nitrogens with one attached hydrogen (secondary N) is 1. The number of hydrogen-bond acceptors (Lipinski definition) is 6. The number of nitrogens with zero attached hydrogens (tertiary/aromatic N) is 6. The molecule has 1 aliphatic carbocycles. The van der Waals surface area contributed by atoms with Gasteiger partial charge in [-0.15, -0.1) is 4.99 Å². The molecule has 10 heteroatoms. The SMILES string of the molecule is N=C(N=C([OH2+])c1cnn(CC(=O)N2CCCC2)c1)C1(c2ccc(-c3cnc(N)nc3)cc2)CCC1. The number of aliphatic imine (C=N–C) groups is 1. The summed E-state index contributed by atoms with van der Waals surface area (Å²) in [6.45, 7) is 1.75. The van der Waals surface area contributed by atoms with E-state index in [0.29, 0.717) is 5.56 Å². The Morgan fingerprint density at radius 1 is 1.06 bits per heavy atom. The number of carbonyl (C=O) groups excluding carboxylic acids is 1. The standard InChI is InChI=1S/C25H28N8O2/c26-23(31-22(35)19-14-30-33(15-19)16-21(34)32-10-1-2-11-32)25(8-3-9-25)20-6-4-17(5-7-20)18-12-28-24(27)29-13-18/h4-7,12-15H,1-3,8-11,16H2,(H2,26,31,35)(H2,27,28,29)/p+1. The first-order valence-corrected chi connectivity index (χ1v) is 11.8. The number of amides is 1. The van der Waals surface area contributed by atoms with E-state index < -0.39 is 5.41 Å². The van der Waals surface area contributed by atoms with E-state index in [-0.39, 0.29) is 30.1 Å². The van der Waals surface area contributed by atoms with Crippen LogP contribution in [0.3, 0.4) is 0 Å². The monoisotopic (exact) mass is 473 g/mol. The fourth-order valence-electron chi connectivity index (χ4n) is 4.72. The van der Waals surface area contributed by atoms with Gasteiger partial charge in [-0.1, -0.05) is 30.7 Å². The predicted octanol–water partition coefficient (Wildman–Crippen LogP) is 2.12. The Hall–Kier alpha value is -4.08. The van der Waals surface area contributed by atoms with E-state index in [1.54, 1.807) is 23.3 Å². The van der Waals surface area contributed by atoms with Crippen molar-refractivity contribution in [3.8, 4) is 11.1 Å². The van der Waals surface area contributed by atoms with Crippen molar-refractivity contribution < 1.29 is 9.90 Å². The van der Waals surface area contributed by atoms with Crippen molar-refractivity contribution in [3.63, 3.8) is 0 Å². The minimum atomic E-state index is -0.496. The van der Waals surface area contributed by atoms with Crippen LogP contribution in [0.4, 0.5) is 5.95 Å². The molecule has 2 aliphatic rings. The topological polar surface area (TPSA) is 149 Å². The molecule has 0 bridgehead atoms. The molecule has 3 heterocycles. The van der Waals surface area contributed by atoms with Gasteiger partial charge >= 0.3 is 5.90 Å². The van der Waals surface area contributed by atoms with E-state index >= 15 is 0 Å². The van der Waals surface area contributed by atoms with Gasteiger partial charge in [-0.25, -0.2) is 9.97 Å². The smallest absolute Gasteiger partial charge is 0.369 e. The summed E-state index contributed by atoms with van der Waals surface area (Å²) in [6, 6.07) is 8.01. The maximum atomic E-state index is 12.4. The Morgan fingerprint density at radius 2 is 1.74 bits per heavy atom. The average molecular weight is 474 g/mol. The molecule has 2 fully saturated rings. The molecule has 10 nitrogen and oxygen atoms in total. The minimum Gasteiger partial charge on any atom is -0.578 e. The highest BCUT2D eigenvalue weighted by Crippen LogP contribution is 2.45. The Morgan fingerprint density at radius 3 is 2.37 bits per heavy atom. The van der Waals surface area contributed by atoms with Crippen LogP contribution >= 0.6 is 0 Å². The number of nitrogens with two attached hydrogens (primary N) is 1. The van der Waals surface area contributed by atoms with Crippen LogP contribution in [-0.4, -0.2) is 60.5 Å². The number of rotatable bonds is 6. The molecule has 0 unspecified atom stereocenters. The van der Waals surface area contributed by atoms with Gasteiger partial charge in [-0.05, 0) is 36.8 Å². The number of hydrogen-bond donors (Lipinski definition) is 2. The lowest BCUT2D eigenvalue weighted by molar-refractivity contribution is -0.130. The summed E-state index contributed by atoms with van der Waals surface area (Å²) in [5, 5.41) is 21.4. The van der Waals surface area contributed by atoms with Crippen LogP contribution in [-0.2, 0) is 16.8 Å². The maximum Gasteiger partial charge on any atom is 0.369 e. The van der Waals surface area contributed by atoms with Gasteiger partial charge in [0.1, 0.15) is 17.9 Å². The number of carbonyl (C=O) groups is 1. The van der Waals surface area contributed by atoms with Crippen molar-refractivity contribution >= 4 is 23.6 Å². The lowest BCUT2D eigenvalue weighted by atomic mass is 9.63. The van der Waals surface area contributed by atoms with Gasteiger partial charge in [0.2, 0.25) is 11.9 Å². The molecule has 0 atom stereocenters. The second-order valence-corrected chi connectivity index (χ2v) is 9.17. The molecule has 35 heavy (non-hydrogen) atoms. The van der Waals surface area contributed by atoms with Crippen molar-refractivity contribution in [2.45, 2.75) is 44.1 Å². The van der Waals surface area contributed by atoms with E-state index in [4.69, 9.17) is 16.2 Å². The lowest BCUT2D eigenvalue weighted by Crippen LogP contribution is -2.41. The van der Waals surface area contributed by atoms with Crippen molar-refractivity contribution in [2.24, 2.45) is 4.99 Å². The maximum absolute atomic E-state index is 12.4. The Balaban J connectivity index is 1.30. The van der Waals surface area contributed by atoms with E-state index in [1.165, 1.54) is 6.20 Å². The van der Waals surface area contributed by atoms with Crippen LogP contribution in [0.2, 0.25) is 0 Å². The first kappa shape index (κ1) is 22.7. The zero-order valence-corrected chi connectivity index (χ0v) is 19.4. The van der Waals surface area contributed by atoms with Crippen LogP contribution in [0, 0.1) is 5.41 Å². The Labute approximate surface area is 203 Å². The van der Waals surface area contributed by atoms with Gasteiger partial charge in [0.25, 0.3) is 0 Å². The van der Waals surface area contributed by atoms with Crippen molar-refractivity contribution in [2.75, 3.05) is 18.8 Å². The van der Waals surface area contributed by atoms with Gasteiger partial charge < -0.3 is 15.7 Å². The second-order valence-electron chi connectivity index (χ2n) is 9.17. The van der Waals surface area contributed by atoms with Crippen LogP contribution in [0.5, 0.6) is 0 Å². The summed E-state index contributed by atoms with van der Waals surface area (Å²) < 4.78 is 1.54. The van der Waals surface area contributed by atoms with Gasteiger partial charge in [0, 0.05) is 37.2 Å². The zero-order chi connectivity index (χ0) is 24.4. The first-order valence-electron chi connectivity index (χ1n) is 11.8. The first-order chi connectivity index (χ1) is 16.9. The molecule has 1 aromatic carbocycles. The van der Waals surface area contributed by atoms with Gasteiger partial charge in [-0.3, -0.25) is 14.9 Å². The summed E-state index contributed by atoms with van der Waals surface area (Å²) in [6.07, 6.45) is 11.3. The molecule has 180 valence electrons. The summed E-state index contributed by atoms with van der Waals surface area (Å²) in [4.78, 5) is 26.7. The van der Waals surface area contributed by atoms with E-state index in [0.717, 1.165) is 61.9 Å². The van der Waals surface area contributed by atoms with Crippen molar-refractivity contribution in [1.29, 1.82) is 5.41 Å². The molecular weight excluding hydrogens is 444 g/mol. The average Bonchev–Trinajstić information content (AvgIpc) is 3.52. The number of amidine groups is 1. The highest BCUT2D eigenvalue weighted by atomic mass is 16.3. The molecule has 0 radical (unpaired) electrons. The van der Waals surface area contributed by atoms with Crippen LogP contribution in [0.15, 0.2) is 54.0 Å². The Kier molecular flexibility index (Phi) is 6.02. The number of benzene rings is 1. The van der Waals surface area contributed by atoms with Crippen LogP contribution in [0.25, 0.3) is 11.1 Å². The molecule has 0 spiro atoms. The summed E-state index contributed by atoms with van der Waals surface area (Å²) in [5.41, 5.74) is 8.43. The number of likely N-dealkylation sites (tertiary alicyclic amines) is 1. The molecule has 1 saturated carbocycles. The highest BCUT2D eigenvalue weighted by Gasteiger charge is 2.43. The third-order valence-corrected chi connectivity index (χ3v) is 6.99. The highest BCUT2D eigenvalue weighted by molar-refractivity contribution is 6.04. The van der Waals surface area contributed by atoms with E-state index in [1.807, 2.05) is 29.2 Å². The lowest BCUT2D eigenvalue weighted by Gasteiger charge is -2.41. The van der Waals surface area contributed by atoms with Gasteiger partial charge in [0.15, 0.2) is 0 Å². The van der Waals surface area contributed by atoms with Crippen molar-refractivity contribution in [1.82, 2.24) is 24.6 Å². The normalized spacial score (nSPS) is 17.3. The fraction of sp³-hybridized carbons (Fsp3) is 0.360. The molecule has 1 saturated heterocycles. The molecule has 2 aromatic heterocycles. The summed E-state index contributed by atoms with van der Waals surface area (Å²) >= 11 is 0. The zero-order valence-electron chi connectivity index (χ0n) is 19.4. The summed E-state index contributed by atoms with van der Waals surface area (Å²) in [5.74, 6) is 0.436. The molecule has 1 amide bonds.